The van der Waals surface area contributed by atoms with Gasteiger partial charge < -0.3 is 31.9 Å². The fourth-order valence-electron chi connectivity index (χ4n) is 6.44. The van der Waals surface area contributed by atoms with Crippen molar-refractivity contribution >= 4 is 47.1 Å². The van der Waals surface area contributed by atoms with E-state index in [1.165, 1.54) is 9.58 Å². The van der Waals surface area contributed by atoms with Gasteiger partial charge in [0.15, 0.2) is 5.78 Å². The molecule has 57 heavy (non-hydrogen) atoms. The zero-order chi connectivity index (χ0) is 42.0. The minimum atomic E-state index is -1.23. The van der Waals surface area contributed by atoms with Crippen molar-refractivity contribution in [2.45, 2.75) is 76.3 Å². The van der Waals surface area contributed by atoms with E-state index >= 15 is 0 Å². The van der Waals surface area contributed by atoms with Gasteiger partial charge in [-0.15, -0.1) is 11.8 Å². The number of nitrogens with one attached hydrogen (secondary N) is 1. The molecule has 1 unspecified atom stereocenters. The number of rotatable bonds is 20. The third-order valence-corrected chi connectivity index (χ3v) is 10.7. The molecular weight excluding hydrogens is 765 g/mol. The van der Waals surface area contributed by atoms with Crippen LogP contribution in [0.1, 0.15) is 69.3 Å². The van der Waals surface area contributed by atoms with Crippen molar-refractivity contribution in [1.29, 1.82) is 0 Å². The van der Waals surface area contributed by atoms with Crippen molar-refractivity contribution in [3.63, 3.8) is 0 Å². The zero-order valence-electron chi connectivity index (χ0n) is 32.0. The van der Waals surface area contributed by atoms with Crippen molar-refractivity contribution in [3.8, 4) is 5.69 Å². The van der Waals surface area contributed by atoms with Crippen LogP contribution in [0.25, 0.3) is 5.69 Å². The standard InChI is InChI=1S/C39H49F2N7O8S/c1-39(2,3)35(34-24(16-23-8-5-4-6-9-23)19-48(45-34)30-17-25(40)11-12-27(30)41)46(33(52)21-49)15-13-28(42)36(53)44-14-7-10-26(50)20-47-32(51)18-31(37(47)54)57-22-29(43)38(55)56/h4-6,8-9,11-12,17,19,28-29,31,35,49H,7,10,13-16,18,20-22,42-43H2,1-3H3,(H,44,53)(H,55,56)/t28-,29-,31?,35-/m0/s1. The van der Waals surface area contributed by atoms with E-state index < -0.39 is 89.0 Å². The number of amides is 4. The predicted octanol–water partition coefficient (Wildman–Crippen LogP) is 2.10. The third kappa shape index (κ3) is 12.0. The number of aliphatic hydroxyl groups is 1. The molecule has 18 heteroatoms. The molecule has 2 aromatic carbocycles. The fraction of sp³-hybridized carbons (Fsp3) is 0.462. The molecule has 0 saturated carbocycles. The molecule has 1 aromatic heterocycles. The van der Waals surface area contributed by atoms with Gasteiger partial charge in [0.2, 0.25) is 23.6 Å². The van der Waals surface area contributed by atoms with Crippen molar-refractivity contribution < 1.29 is 47.8 Å². The first kappa shape index (κ1) is 44.7. The summed E-state index contributed by atoms with van der Waals surface area (Å²) in [6.07, 6.45) is 1.84. The molecule has 4 rings (SSSR count). The highest BCUT2D eigenvalue weighted by Gasteiger charge is 2.41. The molecule has 4 atom stereocenters. The van der Waals surface area contributed by atoms with E-state index in [-0.39, 0.29) is 50.2 Å². The second-order valence-electron chi connectivity index (χ2n) is 14.9. The summed E-state index contributed by atoms with van der Waals surface area (Å²) in [5.41, 5.74) is 12.8. The normalized spacial score (nSPS) is 16.0. The Kier molecular flexibility index (Phi) is 15.6. The van der Waals surface area contributed by atoms with Gasteiger partial charge in [0.1, 0.15) is 30.0 Å². The lowest BCUT2D eigenvalue weighted by molar-refractivity contribution is -0.142. The lowest BCUT2D eigenvalue weighted by Crippen LogP contribution is -2.47. The number of Topliss-reactive ketones (excluding diaryl/α,β-unsaturated/α-hetero) is 1. The van der Waals surface area contributed by atoms with Crippen LogP contribution in [-0.2, 0) is 35.2 Å². The predicted molar refractivity (Wildman–Crippen MR) is 207 cm³/mol. The number of likely N-dealkylation sites (tertiary alicyclic amines) is 1. The van der Waals surface area contributed by atoms with Crippen molar-refractivity contribution in [2.75, 3.05) is 32.0 Å². The number of aliphatic hydroxyl groups excluding tert-OH is 1. The number of carbonyl (C=O) groups excluding carboxylic acids is 5. The molecule has 0 spiro atoms. The molecule has 0 radical (unpaired) electrons. The number of aliphatic carboxylic acids is 1. The number of benzene rings is 2. The molecule has 2 heterocycles. The number of carbonyl (C=O) groups is 6. The number of nitrogens with zero attached hydrogens (tertiary/aromatic N) is 4. The molecule has 1 saturated heterocycles. The Morgan fingerprint density at radius 1 is 1.07 bits per heavy atom. The number of hydrogen-bond donors (Lipinski definition) is 5. The summed E-state index contributed by atoms with van der Waals surface area (Å²) in [5.74, 6) is -5.46. The number of imide groups is 1. The summed E-state index contributed by atoms with van der Waals surface area (Å²) >= 11 is 0.951. The van der Waals surface area contributed by atoms with Crippen LogP contribution in [0.3, 0.4) is 0 Å². The summed E-state index contributed by atoms with van der Waals surface area (Å²) in [4.78, 5) is 77.3. The second-order valence-corrected chi connectivity index (χ2v) is 16.1. The van der Waals surface area contributed by atoms with E-state index in [0.717, 1.165) is 40.4 Å². The summed E-state index contributed by atoms with van der Waals surface area (Å²) in [6, 6.07) is 9.26. The molecule has 7 N–H and O–H groups in total. The number of carboxylic acid groups (broad SMARTS) is 1. The monoisotopic (exact) mass is 813 g/mol. The largest absolute Gasteiger partial charge is 0.480 e. The Balaban J connectivity index is 1.40. The topological polar surface area (TPSA) is 231 Å². The maximum absolute atomic E-state index is 15.0. The van der Waals surface area contributed by atoms with Crippen LogP contribution >= 0.6 is 11.8 Å². The molecule has 308 valence electrons. The number of halogens is 2. The molecular formula is C39H49F2N7O8S. The Bertz CT molecular complexity index is 1940. The second kappa shape index (κ2) is 19.9. The van der Waals surface area contributed by atoms with Crippen LogP contribution in [0.2, 0.25) is 0 Å². The number of hydrogen-bond acceptors (Lipinski definition) is 11. The van der Waals surface area contributed by atoms with Gasteiger partial charge >= 0.3 is 5.97 Å². The maximum Gasteiger partial charge on any atom is 0.321 e. The van der Waals surface area contributed by atoms with E-state index in [1.807, 2.05) is 51.1 Å². The number of ketones is 1. The molecule has 1 aliphatic heterocycles. The highest BCUT2D eigenvalue weighted by molar-refractivity contribution is 8.00. The van der Waals surface area contributed by atoms with Crippen molar-refractivity contribution in [2.24, 2.45) is 16.9 Å². The first-order chi connectivity index (χ1) is 26.9. The summed E-state index contributed by atoms with van der Waals surface area (Å²) in [5, 5.41) is 25.6. The number of carboxylic acids is 1. The Morgan fingerprint density at radius 2 is 1.77 bits per heavy atom. The van der Waals surface area contributed by atoms with Gasteiger partial charge in [0.05, 0.1) is 29.6 Å². The van der Waals surface area contributed by atoms with E-state index in [9.17, 15) is 42.7 Å². The molecule has 0 aliphatic carbocycles. The number of aromatic nitrogens is 2. The maximum atomic E-state index is 15.0. The summed E-state index contributed by atoms with van der Waals surface area (Å²) in [6.45, 7) is 4.25. The van der Waals surface area contributed by atoms with Crippen molar-refractivity contribution in [1.82, 2.24) is 24.9 Å². The minimum Gasteiger partial charge on any atom is -0.480 e. The van der Waals surface area contributed by atoms with Crippen LogP contribution in [0, 0.1) is 17.0 Å². The van der Waals surface area contributed by atoms with Crippen molar-refractivity contribution in [3.05, 3.63) is 83.2 Å². The smallest absolute Gasteiger partial charge is 0.321 e. The van der Waals surface area contributed by atoms with Crippen LogP contribution in [-0.4, -0.2) is 115 Å². The fourth-order valence-corrected chi connectivity index (χ4v) is 7.55. The molecule has 0 bridgehead atoms. The summed E-state index contributed by atoms with van der Waals surface area (Å²) < 4.78 is 30.5. The molecule has 3 aromatic rings. The van der Waals surface area contributed by atoms with E-state index in [1.54, 1.807) is 6.20 Å². The quantitative estimate of drug-likeness (QED) is 0.0816. The first-order valence-electron chi connectivity index (χ1n) is 18.4. The molecule has 1 fully saturated rings. The van der Waals surface area contributed by atoms with Gasteiger partial charge in [-0.1, -0.05) is 51.1 Å². The van der Waals surface area contributed by atoms with Gasteiger partial charge in [-0.05, 0) is 36.0 Å². The minimum absolute atomic E-state index is 0.0356. The Hall–Kier alpha value is -5.04. The highest BCUT2D eigenvalue weighted by Crippen LogP contribution is 2.40. The Morgan fingerprint density at radius 3 is 2.42 bits per heavy atom. The molecule has 4 amide bonds. The number of nitrogens with two attached hydrogens (primary N) is 2. The van der Waals surface area contributed by atoms with E-state index in [2.05, 4.69) is 5.32 Å². The van der Waals surface area contributed by atoms with Gasteiger partial charge in [-0.25, -0.2) is 13.5 Å². The average Bonchev–Trinajstić information content (AvgIpc) is 3.68. The van der Waals surface area contributed by atoms with Crippen LogP contribution in [0.5, 0.6) is 0 Å². The lowest BCUT2D eigenvalue weighted by Gasteiger charge is -2.40. The van der Waals surface area contributed by atoms with Gasteiger partial charge in [-0.2, -0.15) is 5.10 Å². The SMILES string of the molecule is CC(C)(C)[C@H](c1nn(-c2cc(F)ccc2F)cc1Cc1ccccc1)N(CC[C@H](N)C(=O)NCCCC(=O)CN1C(=O)CC(SC[C@H](N)C(=O)O)C1=O)C(=O)CO. The van der Waals surface area contributed by atoms with Gasteiger partial charge in [0, 0.05) is 55.9 Å². The van der Waals surface area contributed by atoms with Gasteiger partial charge in [0.25, 0.3) is 0 Å². The zero-order valence-corrected chi connectivity index (χ0v) is 32.8. The van der Waals surface area contributed by atoms with E-state index in [0.29, 0.717) is 17.7 Å². The Labute approximate surface area is 333 Å². The first-order valence-corrected chi connectivity index (χ1v) is 19.4. The summed E-state index contributed by atoms with van der Waals surface area (Å²) in [7, 11) is 0. The van der Waals surface area contributed by atoms with E-state index in [4.69, 9.17) is 21.7 Å². The third-order valence-electron chi connectivity index (χ3n) is 9.34. The average molecular weight is 814 g/mol. The highest BCUT2D eigenvalue weighted by atomic mass is 32.2. The van der Waals surface area contributed by atoms with Crippen LogP contribution < -0.4 is 16.8 Å². The number of thioether (sulfide) groups is 1. The van der Waals surface area contributed by atoms with Crippen LogP contribution in [0.15, 0.2) is 54.7 Å². The van der Waals surface area contributed by atoms with Crippen LogP contribution in [0.4, 0.5) is 8.78 Å². The molecule has 15 nitrogen and oxygen atoms in total. The lowest BCUT2D eigenvalue weighted by atomic mass is 9.81. The van der Waals surface area contributed by atoms with Gasteiger partial charge in [-0.3, -0.25) is 33.7 Å². The molecule has 1 aliphatic rings.